The van der Waals surface area contributed by atoms with Crippen LogP contribution >= 0.6 is 54.5 Å². The molecule has 1 N–H and O–H groups in total. The number of ketones is 1. The monoisotopic (exact) mass is 562 g/mol. The van der Waals surface area contributed by atoms with Crippen molar-refractivity contribution in [2.75, 3.05) is 0 Å². The van der Waals surface area contributed by atoms with Gasteiger partial charge in [0, 0.05) is 15.6 Å². The van der Waals surface area contributed by atoms with Gasteiger partial charge in [0.1, 0.15) is 5.75 Å². The summed E-state index contributed by atoms with van der Waals surface area (Å²) < 4.78 is 2.27. The molecule has 0 aromatic heterocycles. The van der Waals surface area contributed by atoms with Gasteiger partial charge in [0.15, 0.2) is 5.78 Å². The van der Waals surface area contributed by atoms with Gasteiger partial charge in [-0.15, -0.1) is 0 Å². The highest BCUT2D eigenvalue weighted by Gasteiger charge is 2.15. The third kappa shape index (κ3) is 4.70. The number of benzene rings is 2. The van der Waals surface area contributed by atoms with Crippen molar-refractivity contribution >= 4 is 71.9 Å². The SMILES string of the molecule is CCCC(=O)/C(=C\c1cc(Br)c(O)c(Br)c1)c1cc(I)ccc1C. The molecule has 0 aliphatic carbocycles. The molecule has 5 heteroatoms. The molecule has 2 rings (SSSR count). The molecule has 0 unspecified atom stereocenters. The number of aromatic hydroxyl groups is 1. The lowest BCUT2D eigenvalue weighted by atomic mass is 9.93. The maximum Gasteiger partial charge on any atom is 0.163 e. The van der Waals surface area contributed by atoms with E-state index in [2.05, 4.69) is 54.5 Å². The summed E-state index contributed by atoms with van der Waals surface area (Å²) in [6, 6.07) is 9.73. The number of allylic oxidation sites excluding steroid dienone is 1. The molecule has 0 aliphatic heterocycles. The van der Waals surface area contributed by atoms with Gasteiger partial charge in [-0.1, -0.05) is 13.0 Å². The van der Waals surface area contributed by atoms with Crippen LogP contribution in [0, 0.1) is 10.5 Å². The molecule has 2 aromatic rings. The molecule has 0 radical (unpaired) electrons. The molecular formula is C19H17Br2IO2. The lowest BCUT2D eigenvalue weighted by Gasteiger charge is -2.12. The molecule has 0 saturated heterocycles. The Morgan fingerprint density at radius 1 is 1.21 bits per heavy atom. The minimum atomic E-state index is 0.128. The Kier molecular flexibility index (Phi) is 7.07. The van der Waals surface area contributed by atoms with Crippen molar-refractivity contribution in [1.82, 2.24) is 0 Å². The average molecular weight is 564 g/mol. The van der Waals surface area contributed by atoms with E-state index in [1.165, 1.54) is 0 Å². The van der Waals surface area contributed by atoms with Crippen LogP contribution in [0.4, 0.5) is 0 Å². The fourth-order valence-corrected chi connectivity index (χ4v) is 4.10. The van der Waals surface area contributed by atoms with Crippen molar-refractivity contribution in [3.05, 3.63) is 59.5 Å². The lowest BCUT2D eigenvalue weighted by molar-refractivity contribution is -0.113. The highest BCUT2D eigenvalue weighted by molar-refractivity contribution is 14.1. The zero-order chi connectivity index (χ0) is 17.9. The van der Waals surface area contributed by atoms with Gasteiger partial charge in [0.05, 0.1) is 8.95 Å². The number of phenolic OH excluding ortho intramolecular Hbond substituents is 1. The number of carbonyl (C=O) groups excluding carboxylic acids is 1. The fraction of sp³-hybridized carbons (Fsp3) is 0.211. The van der Waals surface area contributed by atoms with Crippen LogP contribution in [-0.2, 0) is 4.79 Å². The Hall–Kier alpha value is -0.660. The van der Waals surface area contributed by atoms with Crippen LogP contribution in [0.1, 0.15) is 36.5 Å². The van der Waals surface area contributed by atoms with Gasteiger partial charge in [0.2, 0.25) is 0 Å². The molecule has 0 heterocycles. The minimum absolute atomic E-state index is 0.128. The third-order valence-electron chi connectivity index (χ3n) is 3.62. The third-order valence-corrected chi connectivity index (χ3v) is 5.50. The number of aryl methyl sites for hydroxylation is 1. The van der Waals surface area contributed by atoms with Crippen LogP contribution in [0.2, 0.25) is 0 Å². The van der Waals surface area contributed by atoms with Crippen LogP contribution in [0.25, 0.3) is 11.6 Å². The second-order valence-electron chi connectivity index (χ2n) is 5.52. The van der Waals surface area contributed by atoms with E-state index >= 15 is 0 Å². The summed E-state index contributed by atoms with van der Waals surface area (Å²) in [7, 11) is 0. The molecule has 0 bridgehead atoms. The molecule has 24 heavy (non-hydrogen) atoms. The van der Waals surface area contributed by atoms with Gasteiger partial charge < -0.3 is 5.11 Å². The second kappa shape index (κ2) is 8.63. The Morgan fingerprint density at radius 3 is 2.42 bits per heavy atom. The average Bonchev–Trinajstić information content (AvgIpc) is 2.53. The molecule has 2 aromatic carbocycles. The van der Waals surface area contributed by atoms with Gasteiger partial charge in [0.25, 0.3) is 0 Å². The number of hydrogen-bond acceptors (Lipinski definition) is 2. The lowest BCUT2D eigenvalue weighted by Crippen LogP contribution is -2.03. The molecule has 0 atom stereocenters. The number of carbonyl (C=O) groups is 1. The van der Waals surface area contributed by atoms with E-state index in [4.69, 9.17) is 0 Å². The largest absolute Gasteiger partial charge is 0.506 e. The number of halogens is 3. The standard InChI is InChI=1S/C19H17Br2IO2/c1-3-4-18(23)15(14-10-13(22)6-5-11(14)2)7-12-8-16(20)19(24)17(21)9-12/h5-10,24H,3-4H2,1-2H3/b15-7-. The normalized spacial score (nSPS) is 11.6. The predicted octanol–water partition coefficient (Wildman–Crippen LogP) is 6.74. The summed E-state index contributed by atoms with van der Waals surface area (Å²) in [6.07, 6.45) is 3.21. The highest BCUT2D eigenvalue weighted by atomic mass is 127. The van der Waals surface area contributed by atoms with E-state index in [1.807, 2.05) is 50.3 Å². The minimum Gasteiger partial charge on any atom is -0.506 e. The Labute approximate surface area is 172 Å². The maximum atomic E-state index is 12.7. The van der Waals surface area contributed by atoms with Crippen LogP contribution in [-0.4, -0.2) is 10.9 Å². The van der Waals surface area contributed by atoms with Gasteiger partial charge in [-0.05, 0) is 115 Å². The summed E-state index contributed by atoms with van der Waals surface area (Å²) in [5.74, 6) is 0.280. The van der Waals surface area contributed by atoms with E-state index in [0.29, 0.717) is 20.9 Å². The van der Waals surface area contributed by atoms with Crippen LogP contribution in [0.15, 0.2) is 39.3 Å². The summed E-state index contributed by atoms with van der Waals surface area (Å²) >= 11 is 8.94. The van der Waals surface area contributed by atoms with Crippen molar-refractivity contribution in [1.29, 1.82) is 0 Å². The van der Waals surface area contributed by atoms with E-state index < -0.39 is 0 Å². The van der Waals surface area contributed by atoms with Gasteiger partial charge in [-0.25, -0.2) is 0 Å². The van der Waals surface area contributed by atoms with Crippen molar-refractivity contribution < 1.29 is 9.90 Å². The first-order valence-corrected chi connectivity index (χ1v) is 10.2. The van der Waals surface area contributed by atoms with Crippen LogP contribution < -0.4 is 0 Å². The maximum absolute atomic E-state index is 12.7. The van der Waals surface area contributed by atoms with Crippen molar-refractivity contribution in [3.63, 3.8) is 0 Å². The van der Waals surface area contributed by atoms with E-state index in [1.54, 1.807) is 0 Å². The summed E-state index contributed by atoms with van der Waals surface area (Å²) in [5.41, 5.74) is 3.59. The number of phenols is 1. The first-order valence-electron chi connectivity index (χ1n) is 7.53. The van der Waals surface area contributed by atoms with Crippen molar-refractivity contribution in [3.8, 4) is 5.75 Å². The smallest absolute Gasteiger partial charge is 0.163 e. The molecule has 0 aliphatic rings. The zero-order valence-electron chi connectivity index (χ0n) is 13.4. The zero-order valence-corrected chi connectivity index (χ0v) is 18.7. The number of Topliss-reactive ketones (excluding diaryl/α,β-unsaturated/α-hetero) is 1. The molecule has 0 amide bonds. The quantitative estimate of drug-likeness (QED) is 0.248. The highest BCUT2D eigenvalue weighted by Crippen LogP contribution is 2.35. The van der Waals surface area contributed by atoms with Crippen LogP contribution in [0.3, 0.4) is 0 Å². The van der Waals surface area contributed by atoms with E-state index in [-0.39, 0.29) is 11.5 Å². The number of hydrogen-bond donors (Lipinski definition) is 1. The van der Waals surface area contributed by atoms with Crippen LogP contribution in [0.5, 0.6) is 5.75 Å². The molecule has 0 spiro atoms. The van der Waals surface area contributed by atoms with Gasteiger partial charge in [-0.3, -0.25) is 4.79 Å². The predicted molar refractivity (Wildman–Crippen MR) is 115 cm³/mol. The molecule has 0 saturated carbocycles. The topological polar surface area (TPSA) is 37.3 Å². The summed E-state index contributed by atoms with van der Waals surface area (Å²) in [4.78, 5) is 12.7. The second-order valence-corrected chi connectivity index (χ2v) is 8.48. The van der Waals surface area contributed by atoms with Crippen molar-refractivity contribution in [2.45, 2.75) is 26.7 Å². The van der Waals surface area contributed by atoms with Crippen molar-refractivity contribution in [2.24, 2.45) is 0 Å². The first-order chi connectivity index (χ1) is 11.3. The molecule has 126 valence electrons. The molecular weight excluding hydrogens is 547 g/mol. The summed E-state index contributed by atoms with van der Waals surface area (Å²) in [6.45, 7) is 4.02. The fourth-order valence-electron chi connectivity index (χ4n) is 2.39. The first kappa shape index (κ1) is 19.7. The number of rotatable bonds is 5. The Morgan fingerprint density at radius 2 is 1.83 bits per heavy atom. The molecule has 2 nitrogen and oxygen atoms in total. The summed E-state index contributed by atoms with van der Waals surface area (Å²) in [5, 5.41) is 9.87. The van der Waals surface area contributed by atoms with E-state index in [0.717, 1.165) is 26.7 Å². The van der Waals surface area contributed by atoms with E-state index in [9.17, 15) is 9.90 Å². The van der Waals surface area contributed by atoms with Gasteiger partial charge >= 0.3 is 0 Å². The Bertz CT molecular complexity index is 790. The molecule has 0 fully saturated rings. The Balaban J connectivity index is 2.62. The van der Waals surface area contributed by atoms with Gasteiger partial charge in [-0.2, -0.15) is 0 Å².